The second-order valence-electron chi connectivity index (χ2n) is 4.83. The van der Waals surface area contributed by atoms with Gasteiger partial charge in [-0.05, 0) is 44.2 Å². The molecule has 0 spiro atoms. The van der Waals surface area contributed by atoms with Gasteiger partial charge in [-0.3, -0.25) is 4.68 Å². The summed E-state index contributed by atoms with van der Waals surface area (Å²) in [5, 5.41) is 8.14. The summed E-state index contributed by atoms with van der Waals surface area (Å²) in [6.07, 6.45) is 6.42. The fraction of sp³-hybridized carbons (Fsp3) is 0.750. The van der Waals surface area contributed by atoms with E-state index in [1.165, 1.54) is 50.0 Å². The van der Waals surface area contributed by atoms with Gasteiger partial charge in [0.2, 0.25) is 0 Å². The molecule has 3 nitrogen and oxygen atoms in total. The highest BCUT2D eigenvalue weighted by Crippen LogP contribution is 2.31. The van der Waals surface area contributed by atoms with Gasteiger partial charge in [-0.15, -0.1) is 0 Å². The van der Waals surface area contributed by atoms with Gasteiger partial charge in [0.1, 0.15) is 0 Å². The Bertz CT molecular complexity index is 361. The molecule has 1 N–H and O–H groups in total. The minimum Gasteiger partial charge on any atom is -0.316 e. The van der Waals surface area contributed by atoms with E-state index in [1.54, 1.807) is 5.56 Å². The van der Waals surface area contributed by atoms with Gasteiger partial charge < -0.3 is 5.32 Å². The van der Waals surface area contributed by atoms with E-state index in [-0.39, 0.29) is 0 Å². The number of hydrogen-bond acceptors (Lipinski definition) is 2. The maximum Gasteiger partial charge on any atom is 0.0659 e. The predicted molar refractivity (Wildman–Crippen MR) is 60.1 cm³/mol. The normalized spacial score (nSPS) is 25.5. The molecule has 3 heteroatoms. The Morgan fingerprint density at radius 1 is 1.33 bits per heavy atom. The molecule has 0 amide bonds. The minimum atomic E-state index is 0.712. The lowest BCUT2D eigenvalue weighted by molar-refractivity contribution is 0.630. The molecule has 15 heavy (non-hydrogen) atoms. The van der Waals surface area contributed by atoms with E-state index in [9.17, 15) is 0 Å². The van der Waals surface area contributed by atoms with Gasteiger partial charge in [0.05, 0.1) is 5.69 Å². The molecule has 0 saturated carbocycles. The third kappa shape index (κ3) is 1.49. The zero-order valence-electron chi connectivity index (χ0n) is 9.42. The lowest BCUT2D eigenvalue weighted by atomic mass is 9.91. The van der Waals surface area contributed by atoms with Crippen LogP contribution in [-0.4, -0.2) is 22.9 Å². The van der Waals surface area contributed by atoms with Crippen LogP contribution in [0.5, 0.6) is 0 Å². The van der Waals surface area contributed by atoms with Crippen LogP contribution >= 0.6 is 0 Å². The zero-order chi connectivity index (χ0) is 10.3. The molecule has 1 saturated heterocycles. The van der Waals surface area contributed by atoms with Crippen molar-refractivity contribution in [3.8, 4) is 0 Å². The van der Waals surface area contributed by atoms with Gasteiger partial charge >= 0.3 is 0 Å². The average Bonchev–Trinajstić information content (AvgIpc) is 2.82. The van der Waals surface area contributed by atoms with E-state index < -0.39 is 0 Å². The van der Waals surface area contributed by atoms with Gasteiger partial charge in [-0.25, -0.2) is 0 Å². The molecule has 1 aromatic rings. The van der Waals surface area contributed by atoms with Crippen LogP contribution in [0, 0.1) is 0 Å². The van der Waals surface area contributed by atoms with E-state index >= 15 is 0 Å². The molecule has 0 radical (unpaired) electrons. The molecule has 1 fully saturated rings. The molecule has 1 aromatic heterocycles. The van der Waals surface area contributed by atoms with E-state index in [2.05, 4.69) is 22.1 Å². The maximum atomic E-state index is 4.68. The second kappa shape index (κ2) is 3.63. The minimum absolute atomic E-state index is 0.712. The van der Waals surface area contributed by atoms with E-state index in [0.717, 1.165) is 6.54 Å². The molecule has 0 bridgehead atoms. The molecule has 1 aliphatic carbocycles. The first kappa shape index (κ1) is 9.40. The van der Waals surface area contributed by atoms with Crippen LogP contribution in [0.2, 0.25) is 0 Å². The van der Waals surface area contributed by atoms with Gasteiger partial charge in [-0.2, -0.15) is 5.10 Å². The highest BCUT2D eigenvalue weighted by molar-refractivity contribution is 5.32. The Hall–Kier alpha value is -0.830. The first-order valence-corrected chi connectivity index (χ1v) is 6.11. The molecule has 3 rings (SSSR count). The summed E-state index contributed by atoms with van der Waals surface area (Å²) in [6, 6.07) is 0. The molecular weight excluding hydrogens is 186 g/mol. The summed E-state index contributed by atoms with van der Waals surface area (Å²) in [4.78, 5) is 0. The Balaban J connectivity index is 2.01. The fourth-order valence-corrected chi connectivity index (χ4v) is 3.10. The maximum absolute atomic E-state index is 4.68. The van der Waals surface area contributed by atoms with Crippen molar-refractivity contribution in [2.75, 3.05) is 13.1 Å². The lowest BCUT2D eigenvalue weighted by Crippen LogP contribution is -2.12. The Morgan fingerprint density at radius 2 is 2.20 bits per heavy atom. The SMILES string of the molecule is Cn1nc2c(c1C1CCNC1)CCCC2. The number of fused-ring (bicyclic) bond motifs is 1. The molecule has 0 aromatic carbocycles. The smallest absolute Gasteiger partial charge is 0.0659 e. The largest absolute Gasteiger partial charge is 0.316 e. The molecule has 2 heterocycles. The Morgan fingerprint density at radius 3 is 3.00 bits per heavy atom. The topological polar surface area (TPSA) is 29.9 Å². The van der Waals surface area contributed by atoms with Crippen molar-refractivity contribution in [1.29, 1.82) is 0 Å². The summed E-state index contributed by atoms with van der Waals surface area (Å²) in [7, 11) is 2.12. The summed E-state index contributed by atoms with van der Waals surface area (Å²) in [6.45, 7) is 2.32. The zero-order valence-corrected chi connectivity index (χ0v) is 9.42. The summed E-state index contributed by atoms with van der Waals surface area (Å²) < 4.78 is 2.15. The van der Waals surface area contributed by atoms with Crippen molar-refractivity contribution < 1.29 is 0 Å². The highest BCUT2D eigenvalue weighted by Gasteiger charge is 2.26. The van der Waals surface area contributed by atoms with Crippen LogP contribution in [0.15, 0.2) is 0 Å². The molecule has 82 valence electrons. The molecule has 1 aliphatic heterocycles. The monoisotopic (exact) mass is 205 g/mol. The predicted octanol–water partition coefficient (Wildman–Crippen LogP) is 1.38. The van der Waals surface area contributed by atoms with E-state index in [1.807, 2.05) is 0 Å². The molecule has 2 aliphatic rings. The Kier molecular flexibility index (Phi) is 2.28. The van der Waals surface area contributed by atoms with Crippen LogP contribution in [-0.2, 0) is 19.9 Å². The van der Waals surface area contributed by atoms with Crippen LogP contribution in [0.3, 0.4) is 0 Å². The van der Waals surface area contributed by atoms with Crippen LogP contribution in [0.1, 0.15) is 42.1 Å². The van der Waals surface area contributed by atoms with Crippen molar-refractivity contribution in [3.63, 3.8) is 0 Å². The quantitative estimate of drug-likeness (QED) is 0.750. The van der Waals surface area contributed by atoms with Gasteiger partial charge in [0.25, 0.3) is 0 Å². The first-order valence-electron chi connectivity index (χ1n) is 6.11. The number of rotatable bonds is 1. The highest BCUT2D eigenvalue weighted by atomic mass is 15.3. The van der Waals surface area contributed by atoms with E-state index in [0.29, 0.717) is 5.92 Å². The third-order valence-electron chi connectivity index (χ3n) is 3.81. The summed E-state index contributed by atoms with van der Waals surface area (Å²) in [5.74, 6) is 0.712. The standard InChI is InChI=1S/C12H19N3/c1-15-12(9-6-7-13-8-9)10-4-2-3-5-11(10)14-15/h9,13H,2-8H2,1H3. The third-order valence-corrected chi connectivity index (χ3v) is 3.81. The molecular formula is C12H19N3. The first-order chi connectivity index (χ1) is 7.36. The number of nitrogens with zero attached hydrogens (tertiary/aromatic N) is 2. The fourth-order valence-electron chi connectivity index (χ4n) is 3.10. The molecule has 1 atom stereocenters. The number of aromatic nitrogens is 2. The van der Waals surface area contributed by atoms with Crippen LogP contribution < -0.4 is 5.32 Å². The van der Waals surface area contributed by atoms with Crippen molar-refractivity contribution in [2.45, 2.75) is 38.0 Å². The molecule has 1 unspecified atom stereocenters. The van der Waals surface area contributed by atoms with Crippen LogP contribution in [0.4, 0.5) is 0 Å². The summed E-state index contributed by atoms with van der Waals surface area (Å²) >= 11 is 0. The lowest BCUT2D eigenvalue weighted by Gasteiger charge is -2.15. The van der Waals surface area contributed by atoms with Gasteiger partial charge in [0.15, 0.2) is 0 Å². The second-order valence-corrected chi connectivity index (χ2v) is 4.83. The van der Waals surface area contributed by atoms with Crippen molar-refractivity contribution in [3.05, 3.63) is 17.0 Å². The van der Waals surface area contributed by atoms with Crippen molar-refractivity contribution in [1.82, 2.24) is 15.1 Å². The Labute approximate surface area is 90.9 Å². The van der Waals surface area contributed by atoms with Crippen molar-refractivity contribution in [2.24, 2.45) is 7.05 Å². The summed E-state index contributed by atoms with van der Waals surface area (Å²) in [5.41, 5.74) is 4.48. The number of hydrogen-bond donors (Lipinski definition) is 1. The van der Waals surface area contributed by atoms with E-state index in [4.69, 9.17) is 0 Å². The van der Waals surface area contributed by atoms with Crippen molar-refractivity contribution >= 4 is 0 Å². The van der Waals surface area contributed by atoms with Gasteiger partial charge in [0, 0.05) is 25.2 Å². The number of aryl methyl sites for hydroxylation is 2. The van der Waals surface area contributed by atoms with Gasteiger partial charge in [-0.1, -0.05) is 0 Å². The average molecular weight is 205 g/mol. The number of nitrogens with one attached hydrogen (secondary N) is 1. The van der Waals surface area contributed by atoms with Crippen LogP contribution in [0.25, 0.3) is 0 Å².